The average Bonchev–Trinajstić information content (AvgIpc) is 2.20. The molecular formula is C11H13Cl2N. The van der Waals surface area contributed by atoms with Crippen LogP contribution in [0.5, 0.6) is 0 Å². The van der Waals surface area contributed by atoms with E-state index in [9.17, 15) is 0 Å². The molecule has 0 radical (unpaired) electrons. The van der Waals surface area contributed by atoms with Gasteiger partial charge in [0, 0.05) is 23.0 Å². The second kappa shape index (κ2) is 5.40. The number of hydrogen-bond donors (Lipinski definition) is 1. The quantitative estimate of drug-likeness (QED) is 0.844. The highest BCUT2D eigenvalue weighted by atomic mass is 35.5. The molecule has 0 heterocycles. The Balaban J connectivity index is 2.89. The molecule has 0 fully saturated rings. The van der Waals surface area contributed by atoms with E-state index in [0.717, 1.165) is 10.6 Å². The fourth-order valence-electron chi connectivity index (χ4n) is 1.28. The summed E-state index contributed by atoms with van der Waals surface area (Å²) in [6.07, 6.45) is 0. The predicted octanol–water partition coefficient (Wildman–Crippen LogP) is 3.52. The third-order valence-electron chi connectivity index (χ3n) is 2.30. The first-order valence-corrected chi connectivity index (χ1v) is 5.25. The molecule has 0 aliphatic heterocycles. The zero-order valence-electron chi connectivity index (χ0n) is 8.00. The van der Waals surface area contributed by atoms with Gasteiger partial charge in [-0.3, -0.25) is 0 Å². The van der Waals surface area contributed by atoms with Crippen LogP contribution in [0.4, 0.5) is 0 Å². The van der Waals surface area contributed by atoms with Crippen LogP contribution in [-0.4, -0.2) is 6.54 Å². The van der Waals surface area contributed by atoms with Crippen LogP contribution in [0.1, 0.15) is 18.4 Å². The highest BCUT2D eigenvalue weighted by molar-refractivity contribution is 6.30. The van der Waals surface area contributed by atoms with E-state index in [1.165, 1.54) is 5.56 Å². The summed E-state index contributed by atoms with van der Waals surface area (Å²) in [5.41, 5.74) is 9.32. The minimum absolute atomic E-state index is 0.245. The van der Waals surface area contributed by atoms with Gasteiger partial charge in [0.1, 0.15) is 0 Å². The third kappa shape index (κ3) is 2.74. The molecule has 1 aromatic rings. The largest absolute Gasteiger partial charge is 0.327 e. The lowest BCUT2D eigenvalue weighted by Crippen LogP contribution is -2.09. The van der Waals surface area contributed by atoms with Gasteiger partial charge in [-0.1, -0.05) is 42.3 Å². The first kappa shape index (κ1) is 11.6. The molecule has 0 aromatic heterocycles. The molecule has 0 saturated heterocycles. The summed E-state index contributed by atoms with van der Waals surface area (Å²) >= 11 is 11.5. The maximum atomic E-state index is 5.80. The summed E-state index contributed by atoms with van der Waals surface area (Å²) in [6, 6.07) is 7.72. The highest BCUT2D eigenvalue weighted by Crippen LogP contribution is 2.24. The number of nitrogens with two attached hydrogens (primary N) is 1. The first-order valence-electron chi connectivity index (χ1n) is 4.43. The van der Waals surface area contributed by atoms with E-state index in [1.54, 1.807) is 5.54 Å². The highest BCUT2D eigenvalue weighted by Gasteiger charge is 2.09. The fourth-order valence-corrected chi connectivity index (χ4v) is 1.69. The lowest BCUT2D eigenvalue weighted by atomic mass is 9.94. The Morgan fingerprint density at radius 2 is 2.00 bits per heavy atom. The average molecular weight is 230 g/mol. The van der Waals surface area contributed by atoms with E-state index in [1.807, 2.05) is 24.3 Å². The van der Waals surface area contributed by atoms with Gasteiger partial charge in [0.25, 0.3) is 0 Å². The molecule has 76 valence electrons. The molecule has 1 aromatic carbocycles. The maximum absolute atomic E-state index is 5.80. The van der Waals surface area contributed by atoms with E-state index in [-0.39, 0.29) is 5.92 Å². The van der Waals surface area contributed by atoms with Crippen molar-refractivity contribution in [2.75, 3.05) is 6.54 Å². The lowest BCUT2D eigenvalue weighted by molar-refractivity contribution is 0.859. The van der Waals surface area contributed by atoms with Crippen molar-refractivity contribution in [2.24, 2.45) is 5.73 Å². The van der Waals surface area contributed by atoms with Crippen molar-refractivity contribution in [3.05, 3.63) is 46.0 Å². The molecule has 2 N–H and O–H groups in total. The van der Waals surface area contributed by atoms with Crippen molar-refractivity contribution in [1.29, 1.82) is 0 Å². The Morgan fingerprint density at radius 3 is 2.43 bits per heavy atom. The van der Waals surface area contributed by atoms with Gasteiger partial charge < -0.3 is 5.73 Å². The Hall–Kier alpha value is -0.500. The Bertz CT molecular complexity index is 317. The summed E-state index contributed by atoms with van der Waals surface area (Å²) in [5, 5.41) is 0.741. The van der Waals surface area contributed by atoms with Gasteiger partial charge in [-0.05, 0) is 23.3 Å². The Morgan fingerprint density at radius 1 is 1.43 bits per heavy atom. The maximum Gasteiger partial charge on any atom is 0.0406 e. The molecule has 0 aliphatic rings. The molecule has 1 rings (SSSR count). The minimum atomic E-state index is 0.245. The second-order valence-electron chi connectivity index (χ2n) is 3.16. The van der Waals surface area contributed by atoms with Crippen molar-refractivity contribution in [3.63, 3.8) is 0 Å². The van der Waals surface area contributed by atoms with Gasteiger partial charge in [0.15, 0.2) is 0 Å². The van der Waals surface area contributed by atoms with Crippen molar-refractivity contribution in [3.8, 4) is 0 Å². The van der Waals surface area contributed by atoms with Gasteiger partial charge >= 0.3 is 0 Å². The zero-order chi connectivity index (χ0) is 10.6. The number of hydrogen-bond acceptors (Lipinski definition) is 1. The number of benzene rings is 1. The molecule has 0 spiro atoms. The molecule has 3 heteroatoms. The van der Waals surface area contributed by atoms with Crippen molar-refractivity contribution >= 4 is 23.2 Å². The van der Waals surface area contributed by atoms with E-state index in [4.69, 9.17) is 28.9 Å². The van der Waals surface area contributed by atoms with Crippen LogP contribution in [0.3, 0.4) is 0 Å². The fraction of sp³-hybridized carbons (Fsp3) is 0.273. The number of halogens is 2. The Labute approximate surface area is 94.5 Å². The summed E-state index contributed by atoms with van der Waals surface area (Å²) in [7, 11) is 0. The van der Waals surface area contributed by atoms with E-state index in [0.29, 0.717) is 6.54 Å². The van der Waals surface area contributed by atoms with Crippen LogP contribution in [0.25, 0.3) is 0 Å². The molecule has 0 bridgehead atoms. The summed E-state index contributed by atoms with van der Waals surface area (Å²) in [6.45, 7) is 2.55. The van der Waals surface area contributed by atoms with Crippen LogP contribution < -0.4 is 5.73 Å². The van der Waals surface area contributed by atoms with Gasteiger partial charge in [-0.25, -0.2) is 0 Å². The van der Waals surface area contributed by atoms with Crippen LogP contribution in [0, 0.1) is 0 Å². The van der Waals surface area contributed by atoms with Crippen LogP contribution in [-0.2, 0) is 0 Å². The van der Waals surface area contributed by atoms with Gasteiger partial charge in [0.05, 0.1) is 0 Å². The smallest absolute Gasteiger partial charge is 0.0406 e. The molecule has 0 amide bonds. The first-order chi connectivity index (χ1) is 6.69. The van der Waals surface area contributed by atoms with Gasteiger partial charge in [-0.2, -0.15) is 0 Å². The molecule has 14 heavy (non-hydrogen) atoms. The van der Waals surface area contributed by atoms with E-state index >= 15 is 0 Å². The number of rotatable bonds is 3. The molecule has 1 nitrogen and oxygen atoms in total. The summed E-state index contributed by atoms with van der Waals surface area (Å²) in [4.78, 5) is 0. The predicted molar refractivity (Wildman–Crippen MR) is 62.9 cm³/mol. The SMILES string of the molecule is CC(/C(=C\Cl)CN)c1ccc(Cl)cc1. The van der Waals surface area contributed by atoms with Crippen LogP contribution in [0.2, 0.25) is 5.02 Å². The monoisotopic (exact) mass is 229 g/mol. The van der Waals surface area contributed by atoms with Crippen LogP contribution in [0.15, 0.2) is 35.4 Å². The lowest BCUT2D eigenvalue weighted by Gasteiger charge is -2.13. The third-order valence-corrected chi connectivity index (χ3v) is 2.83. The van der Waals surface area contributed by atoms with Crippen molar-refractivity contribution in [1.82, 2.24) is 0 Å². The molecule has 1 atom stereocenters. The summed E-state index contributed by atoms with van der Waals surface area (Å²) < 4.78 is 0. The second-order valence-corrected chi connectivity index (χ2v) is 3.82. The molecule has 1 unspecified atom stereocenters. The normalized spacial score (nSPS) is 14.1. The van der Waals surface area contributed by atoms with E-state index in [2.05, 4.69) is 6.92 Å². The standard InChI is InChI=1S/C11H13Cl2N/c1-8(10(6-12)7-14)9-2-4-11(13)5-3-9/h2-6,8H,7,14H2,1H3/b10-6-. The van der Waals surface area contributed by atoms with E-state index < -0.39 is 0 Å². The summed E-state index contributed by atoms with van der Waals surface area (Å²) in [5.74, 6) is 0.245. The van der Waals surface area contributed by atoms with Crippen molar-refractivity contribution < 1.29 is 0 Å². The van der Waals surface area contributed by atoms with Gasteiger partial charge in [0.2, 0.25) is 0 Å². The van der Waals surface area contributed by atoms with Crippen molar-refractivity contribution in [2.45, 2.75) is 12.8 Å². The molecular weight excluding hydrogens is 217 g/mol. The topological polar surface area (TPSA) is 26.0 Å². The zero-order valence-corrected chi connectivity index (χ0v) is 9.52. The molecule has 0 aliphatic carbocycles. The Kier molecular flexibility index (Phi) is 4.46. The van der Waals surface area contributed by atoms with Gasteiger partial charge in [-0.15, -0.1) is 0 Å². The minimum Gasteiger partial charge on any atom is -0.327 e. The van der Waals surface area contributed by atoms with Crippen LogP contribution >= 0.6 is 23.2 Å². The molecule has 0 saturated carbocycles.